The van der Waals surface area contributed by atoms with E-state index in [0.29, 0.717) is 10.6 Å². The standard InChI is InChI=1S/C15H12F3NOS/c1-9-5-6-12(8-13(9)21)19-14(20)10-3-2-4-11(7-10)15(16,17)18/h2-8,21H,1H3,(H,19,20). The molecule has 1 N–H and O–H groups in total. The highest BCUT2D eigenvalue weighted by atomic mass is 32.1. The first-order valence-electron chi connectivity index (χ1n) is 6.05. The van der Waals surface area contributed by atoms with Crippen LogP contribution in [0.1, 0.15) is 21.5 Å². The first kappa shape index (κ1) is 15.4. The number of alkyl halides is 3. The molecule has 0 heterocycles. The Kier molecular flexibility index (Phi) is 4.27. The van der Waals surface area contributed by atoms with Crippen molar-refractivity contribution in [3.63, 3.8) is 0 Å². The highest BCUT2D eigenvalue weighted by Crippen LogP contribution is 2.29. The Hall–Kier alpha value is -1.95. The number of hydrogen-bond donors (Lipinski definition) is 2. The van der Waals surface area contributed by atoms with Crippen molar-refractivity contribution in [3.05, 3.63) is 59.2 Å². The zero-order valence-electron chi connectivity index (χ0n) is 11.0. The van der Waals surface area contributed by atoms with Gasteiger partial charge in [0, 0.05) is 16.1 Å². The van der Waals surface area contributed by atoms with Gasteiger partial charge in [-0.2, -0.15) is 13.2 Å². The summed E-state index contributed by atoms with van der Waals surface area (Å²) < 4.78 is 37.8. The number of carbonyl (C=O) groups is 1. The van der Waals surface area contributed by atoms with Gasteiger partial charge in [0.1, 0.15) is 0 Å². The monoisotopic (exact) mass is 311 g/mol. The van der Waals surface area contributed by atoms with E-state index in [1.54, 1.807) is 18.2 Å². The van der Waals surface area contributed by atoms with E-state index in [1.165, 1.54) is 12.1 Å². The van der Waals surface area contributed by atoms with Crippen LogP contribution in [0, 0.1) is 6.92 Å². The number of aryl methyl sites for hydroxylation is 1. The third kappa shape index (κ3) is 3.78. The predicted molar refractivity (Wildman–Crippen MR) is 77.8 cm³/mol. The summed E-state index contributed by atoms with van der Waals surface area (Å²) in [5, 5.41) is 2.55. The van der Waals surface area contributed by atoms with Gasteiger partial charge in [-0.3, -0.25) is 4.79 Å². The molecule has 110 valence electrons. The summed E-state index contributed by atoms with van der Waals surface area (Å²) in [6.45, 7) is 1.86. The van der Waals surface area contributed by atoms with E-state index in [4.69, 9.17) is 0 Å². The molecule has 0 fully saturated rings. The van der Waals surface area contributed by atoms with E-state index in [0.717, 1.165) is 17.7 Å². The van der Waals surface area contributed by atoms with Crippen LogP contribution in [0.5, 0.6) is 0 Å². The average molecular weight is 311 g/mol. The topological polar surface area (TPSA) is 29.1 Å². The number of halogens is 3. The fraction of sp³-hybridized carbons (Fsp3) is 0.133. The summed E-state index contributed by atoms with van der Waals surface area (Å²) in [6.07, 6.45) is -4.47. The van der Waals surface area contributed by atoms with Crippen LogP contribution >= 0.6 is 12.6 Å². The molecule has 0 saturated heterocycles. The predicted octanol–water partition coefficient (Wildman–Crippen LogP) is 4.55. The lowest BCUT2D eigenvalue weighted by molar-refractivity contribution is -0.137. The molecule has 2 aromatic rings. The van der Waals surface area contributed by atoms with Gasteiger partial charge in [0.15, 0.2) is 0 Å². The third-order valence-corrected chi connectivity index (χ3v) is 3.40. The van der Waals surface area contributed by atoms with Gasteiger partial charge in [0.05, 0.1) is 5.56 Å². The number of benzene rings is 2. The molecule has 0 saturated carbocycles. The fourth-order valence-electron chi connectivity index (χ4n) is 1.73. The first-order valence-corrected chi connectivity index (χ1v) is 6.50. The molecule has 21 heavy (non-hydrogen) atoms. The van der Waals surface area contributed by atoms with Crippen LogP contribution < -0.4 is 5.32 Å². The van der Waals surface area contributed by atoms with Gasteiger partial charge >= 0.3 is 6.18 Å². The number of thiol groups is 1. The average Bonchev–Trinajstić information content (AvgIpc) is 2.42. The van der Waals surface area contributed by atoms with Crippen molar-refractivity contribution in [3.8, 4) is 0 Å². The molecule has 0 aliphatic carbocycles. The van der Waals surface area contributed by atoms with Crippen LogP contribution in [0.4, 0.5) is 18.9 Å². The maximum absolute atomic E-state index is 12.6. The molecule has 0 aliphatic rings. The van der Waals surface area contributed by atoms with E-state index < -0.39 is 17.6 Å². The molecule has 1 amide bonds. The summed E-state index contributed by atoms with van der Waals surface area (Å²) >= 11 is 4.23. The highest BCUT2D eigenvalue weighted by Gasteiger charge is 2.30. The molecule has 0 aliphatic heterocycles. The Morgan fingerprint density at radius 3 is 2.48 bits per heavy atom. The van der Waals surface area contributed by atoms with E-state index in [-0.39, 0.29) is 5.56 Å². The van der Waals surface area contributed by atoms with Crippen LogP contribution in [0.15, 0.2) is 47.4 Å². The summed E-state index contributed by atoms with van der Waals surface area (Å²) in [5.41, 5.74) is 0.517. The minimum atomic E-state index is -4.47. The lowest BCUT2D eigenvalue weighted by atomic mass is 10.1. The van der Waals surface area contributed by atoms with Crippen LogP contribution in [0.2, 0.25) is 0 Å². The van der Waals surface area contributed by atoms with Gasteiger partial charge in [-0.05, 0) is 42.8 Å². The Morgan fingerprint density at radius 1 is 1.14 bits per heavy atom. The zero-order chi connectivity index (χ0) is 15.6. The van der Waals surface area contributed by atoms with Crippen molar-refractivity contribution in [2.24, 2.45) is 0 Å². The van der Waals surface area contributed by atoms with Crippen LogP contribution in [0.3, 0.4) is 0 Å². The van der Waals surface area contributed by atoms with Crippen molar-refractivity contribution in [2.45, 2.75) is 18.0 Å². The Balaban J connectivity index is 2.22. The second kappa shape index (κ2) is 5.81. The quantitative estimate of drug-likeness (QED) is 0.783. The molecular weight excluding hydrogens is 299 g/mol. The van der Waals surface area contributed by atoms with Gasteiger partial charge in [0.2, 0.25) is 0 Å². The molecule has 0 atom stereocenters. The minimum absolute atomic E-state index is 0.0499. The van der Waals surface area contributed by atoms with E-state index >= 15 is 0 Å². The second-order valence-corrected chi connectivity index (χ2v) is 5.02. The molecule has 2 rings (SSSR count). The van der Waals surface area contributed by atoms with Crippen molar-refractivity contribution in [2.75, 3.05) is 5.32 Å². The molecule has 6 heteroatoms. The SMILES string of the molecule is Cc1ccc(NC(=O)c2cccc(C(F)(F)F)c2)cc1S. The molecule has 2 aromatic carbocycles. The molecule has 0 spiro atoms. The number of anilines is 1. The van der Waals surface area contributed by atoms with Crippen LogP contribution in [0.25, 0.3) is 0 Å². The smallest absolute Gasteiger partial charge is 0.322 e. The number of rotatable bonds is 2. The molecular formula is C15H12F3NOS. The minimum Gasteiger partial charge on any atom is -0.322 e. The van der Waals surface area contributed by atoms with Gasteiger partial charge in [-0.15, -0.1) is 12.6 Å². The molecule has 0 aromatic heterocycles. The Labute approximate surface area is 125 Å². The first-order chi connectivity index (χ1) is 9.77. The Morgan fingerprint density at radius 2 is 1.86 bits per heavy atom. The lowest BCUT2D eigenvalue weighted by Crippen LogP contribution is -2.14. The van der Waals surface area contributed by atoms with Gasteiger partial charge in [-0.25, -0.2) is 0 Å². The molecule has 0 bridgehead atoms. The normalized spacial score (nSPS) is 11.3. The van der Waals surface area contributed by atoms with Crippen molar-refractivity contribution in [1.29, 1.82) is 0 Å². The number of amides is 1. The fourth-order valence-corrected chi connectivity index (χ4v) is 1.94. The zero-order valence-corrected chi connectivity index (χ0v) is 11.9. The largest absolute Gasteiger partial charge is 0.416 e. The van der Waals surface area contributed by atoms with Crippen LogP contribution in [-0.2, 0) is 6.18 Å². The van der Waals surface area contributed by atoms with Gasteiger partial charge in [0.25, 0.3) is 5.91 Å². The third-order valence-electron chi connectivity index (χ3n) is 2.92. The summed E-state index contributed by atoms with van der Waals surface area (Å²) in [4.78, 5) is 12.7. The number of hydrogen-bond acceptors (Lipinski definition) is 2. The maximum Gasteiger partial charge on any atom is 0.416 e. The Bertz CT molecular complexity index is 683. The molecule has 2 nitrogen and oxygen atoms in total. The van der Waals surface area contributed by atoms with E-state index in [1.807, 2.05) is 6.92 Å². The van der Waals surface area contributed by atoms with E-state index in [2.05, 4.69) is 17.9 Å². The van der Waals surface area contributed by atoms with Crippen LogP contribution in [-0.4, -0.2) is 5.91 Å². The van der Waals surface area contributed by atoms with Gasteiger partial charge < -0.3 is 5.32 Å². The van der Waals surface area contributed by atoms with E-state index in [9.17, 15) is 18.0 Å². The maximum atomic E-state index is 12.6. The highest BCUT2D eigenvalue weighted by molar-refractivity contribution is 7.80. The van der Waals surface area contributed by atoms with Crippen molar-refractivity contribution in [1.82, 2.24) is 0 Å². The van der Waals surface area contributed by atoms with Crippen molar-refractivity contribution < 1.29 is 18.0 Å². The summed E-state index contributed by atoms with van der Waals surface area (Å²) in [6, 6.07) is 9.37. The molecule has 0 unspecified atom stereocenters. The second-order valence-electron chi connectivity index (χ2n) is 4.53. The summed E-state index contributed by atoms with van der Waals surface area (Å²) in [5.74, 6) is -0.599. The van der Waals surface area contributed by atoms with Crippen molar-refractivity contribution >= 4 is 24.2 Å². The van der Waals surface area contributed by atoms with Gasteiger partial charge in [-0.1, -0.05) is 12.1 Å². The number of carbonyl (C=O) groups excluding carboxylic acids is 1. The number of nitrogens with one attached hydrogen (secondary N) is 1. The lowest BCUT2D eigenvalue weighted by Gasteiger charge is -2.10. The summed E-state index contributed by atoms with van der Waals surface area (Å²) in [7, 11) is 0. The molecule has 0 radical (unpaired) electrons.